The quantitative estimate of drug-likeness (QED) is 0.282. The van der Waals surface area contributed by atoms with Crippen molar-refractivity contribution in [3.63, 3.8) is 0 Å². The lowest BCUT2D eigenvalue weighted by atomic mass is 10.00. The molecule has 166 valence electrons. The van der Waals surface area contributed by atoms with Crippen molar-refractivity contribution >= 4 is 34.2 Å². The maximum atomic E-state index is 6.34. The van der Waals surface area contributed by atoms with Crippen molar-refractivity contribution < 1.29 is 4.42 Å². The van der Waals surface area contributed by atoms with Gasteiger partial charge in [-0.25, -0.2) is 15.0 Å². The Hall–Kier alpha value is -3.96. The van der Waals surface area contributed by atoms with E-state index in [4.69, 9.17) is 31.1 Å². The van der Waals surface area contributed by atoms with Gasteiger partial charge in [-0.15, -0.1) is 0 Å². The first-order valence-electron chi connectivity index (χ1n) is 11.2. The van der Waals surface area contributed by atoms with Crippen LogP contribution in [0.1, 0.15) is 29.3 Å². The topological polar surface area (TPSA) is 54.5 Å². The zero-order chi connectivity index (χ0) is 23.1. The average molecular weight is 465 g/mol. The molecular weight excluding hydrogens is 444 g/mol. The summed E-state index contributed by atoms with van der Waals surface area (Å²) < 4.78 is 5.67. The third kappa shape index (κ3) is 3.74. The van der Waals surface area contributed by atoms with Gasteiger partial charge in [0.2, 0.25) is 5.95 Å². The van der Waals surface area contributed by atoms with Crippen molar-refractivity contribution in [3.05, 3.63) is 113 Å². The highest BCUT2D eigenvalue weighted by Crippen LogP contribution is 2.38. The molecule has 1 aliphatic heterocycles. The molecular formula is C28H21ClN4O. The lowest BCUT2D eigenvalue weighted by Crippen LogP contribution is -2.21. The van der Waals surface area contributed by atoms with Crippen LogP contribution in [0, 0.1) is 6.92 Å². The van der Waals surface area contributed by atoms with Crippen LogP contribution in [0.25, 0.3) is 22.2 Å². The van der Waals surface area contributed by atoms with Gasteiger partial charge in [-0.2, -0.15) is 5.10 Å². The minimum atomic E-state index is -0.0472. The molecule has 6 rings (SSSR count). The Labute approximate surface area is 202 Å². The molecule has 0 saturated carbocycles. The van der Waals surface area contributed by atoms with Crippen molar-refractivity contribution in [2.24, 2.45) is 5.10 Å². The Kier molecular flexibility index (Phi) is 5.12. The largest absolute Gasteiger partial charge is 0.463 e. The molecule has 6 heteroatoms. The minimum Gasteiger partial charge on any atom is -0.463 e. The molecule has 1 aliphatic rings. The smallest absolute Gasteiger partial charge is 0.247 e. The lowest BCUT2D eigenvalue weighted by Gasteiger charge is -2.23. The van der Waals surface area contributed by atoms with Crippen molar-refractivity contribution in [2.45, 2.75) is 19.4 Å². The number of aryl methyl sites for hydroxylation is 1. The third-order valence-electron chi connectivity index (χ3n) is 6.08. The van der Waals surface area contributed by atoms with Gasteiger partial charge >= 0.3 is 0 Å². The summed E-state index contributed by atoms with van der Waals surface area (Å²) >= 11 is 6.34. The standard InChI is InChI=1S/C28H21ClN4O/c1-18-9-11-19(12-10-18)25-17-24(26-8-5-15-34-26)32-33(25)28-30-23-14-13-21(29)16-22(23)27(31-28)20-6-3-2-4-7-20/h2-16,25H,17H2,1H3. The van der Waals surface area contributed by atoms with Crippen LogP contribution < -0.4 is 5.01 Å². The van der Waals surface area contributed by atoms with Crippen LogP contribution in [0.15, 0.2) is 101 Å². The number of nitrogens with zero attached hydrogens (tertiary/aromatic N) is 4. The summed E-state index contributed by atoms with van der Waals surface area (Å²) in [6.07, 6.45) is 2.37. The Morgan fingerprint density at radius 3 is 2.50 bits per heavy atom. The van der Waals surface area contributed by atoms with Crippen molar-refractivity contribution in [1.29, 1.82) is 0 Å². The summed E-state index contributed by atoms with van der Waals surface area (Å²) in [5, 5.41) is 8.42. The maximum Gasteiger partial charge on any atom is 0.247 e. The molecule has 0 radical (unpaired) electrons. The number of benzene rings is 3. The molecule has 0 aliphatic carbocycles. The second-order valence-corrected chi connectivity index (χ2v) is 8.84. The van der Waals surface area contributed by atoms with Gasteiger partial charge in [-0.05, 0) is 42.8 Å². The predicted octanol–water partition coefficient (Wildman–Crippen LogP) is 7.21. The van der Waals surface area contributed by atoms with Crippen LogP contribution in [0.4, 0.5) is 5.95 Å². The molecule has 1 unspecified atom stereocenters. The van der Waals surface area contributed by atoms with Gasteiger partial charge in [0.05, 0.1) is 23.5 Å². The number of furan rings is 1. The summed E-state index contributed by atoms with van der Waals surface area (Å²) in [7, 11) is 0. The van der Waals surface area contributed by atoms with E-state index in [0.717, 1.165) is 39.2 Å². The van der Waals surface area contributed by atoms with Crippen LogP contribution in [0.2, 0.25) is 5.02 Å². The van der Waals surface area contributed by atoms with Crippen molar-refractivity contribution in [1.82, 2.24) is 9.97 Å². The summed E-state index contributed by atoms with van der Waals surface area (Å²) in [5.74, 6) is 1.30. The first-order valence-corrected chi connectivity index (χ1v) is 11.5. The van der Waals surface area contributed by atoms with Gasteiger partial charge in [0.15, 0.2) is 0 Å². The molecule has 0 spiro atoms. The number of rotatable bonds is 4. The number of hydrogen-bond acceptors (Lipinski definition) is 5. The normalized spacial score (nSPS) is 15.6. The van der Waals surface area contributed by atoms with Crippen LogP contribution in [0.5, 0.6) is 0 Å². The molecule has 3 aromatic carbocycles. The first-order chi connectivity index (χ1) is 16.7. The van der Waals surface area contributed by atoms with Crippen LogP contribution in [-0.2, 0) is 0 Å². The fourth-order valence-corrected chi connectivity index (χ4v) is 4.51. The molecule has 5 nitrogen and oxygen atoms in total. The number of hydrogen-bond donors (Lipinski definition) is 0. The number of aromatic nitrogens is 2. The molecule has 2 aromatic heterocycles. The number of anilines is 1. The molecule has 0 saturated heterocycles. The highest BCUT2D eigenvalue weighted by atomic mass is 35.5. The molecule has 0 N–H and O–H groups in total. The zero-order valence-electron chi connectivity index (χ0n) is 18.5. The van der Waals surface area contributed by atoms with E-state index in [1.807, 2.05) is 65.7 Å². The lowest BCUT2D eigenvalue weighted by molar-refractivity contribution is 0.556. The van der Waals surface area contributed by atoms with Crippen LogP contribution >= 0.6 is 11.6 Å². The fraction of sp³-hybridized carbons (Fsp3) is 0.107. The van der Waals surface area contributed by atoms with E-state index in [0.29, 0.717) is 17.4 Å². The third-order valence-corrected chi connectivity index (χ3v) is 6.31. The fourth-order valence-electron chi connectivity index (χ4n) is 4.34. The van der Waals surface area contributed by atoms with E-state index in [1.54, 1.807) is 6.26 Å². The van der Waals surface area contributed by atoms with E-state index in [1.165, 1.54) is 5.56 Å². The Balaban J connectivity index is 1.54. The molecule has 5 aromatic rings. The van der Waals surface area contributed by atoms with Gasteiger partial charge in [0.25, 0.3) is 0 Å². The minimum absolute atomic E-state index is 0.0472. The SMILES string of the molecule is Cc1ccc(C2CC(c3ccco3)=NN2c2nc(-c3ccccc3)c3cc(Cl)ccc3n2)cc1. The molecule has 1 atom stereocenters. The number of hydrazone groups is 1. The van der Waals surface area contributed by atoms with Crippen LogP contribution in [0.3, 0.4) is 0 Å². The van der Waals surface area contributed by atoms with E-state index < -0.39 is 0 Å². The highest BCUT2D eigenvalue weighted by molar-refractivity contribution is 6.31. The number of fused-ring (bicyclic) bond motifs is 1. The van der Waals surface area contributed by atoms with E-state index in [9.17, 15) is 0 Å². The molecule has 34 heavy (non-hydrogen) atoms. The second-order valence-electron chi connectivity index (χ2n) is 8.40. The van der Waals surface area contributed by atoms with Crippen LogP contribution in [-0.4, -0.2) is 15.7 Å². The first kappa shape index (κ1) is 20.6. The van der Waals surface area contributed by atoms with Crippen molar-refractivity contribution in [3.8, 4) is 11.3 Å². The Morgan fingerprint density at radius 1 is 0.912 bits per heavy atom. The predicted molar refractivity (Wildman–Crippen MR) is 136 cm³/mol. The van der Waals surface area contributed by atoms with Gasteiger partial charge in [0, 0.05) is 22.4 Å². The van der Waals surface area contributed by atoms with Gasteiger partial charge in [-0.3, -0.25) is 0 Å². The van der Waals surface area contributed by atoms with E-state index in [-0.39, 0.29) is 6.04 Å². The van der Waals surface area contributed by atoms with Gasteiger partial charge in [0.1, 0.15) is 11.5 Å². The maximum absolute atomic E-state index is 6.34. The Morgan fingerprint density at radius 2 is 1.74 bits per heavy atom. The van der Waals surface area contributed by atoms with E-state index in [2.05, 4.69) is 31.2 Å². The second kappa shape index (κ2) is 8.43. The van der Waals surface area contributed by atoms with E-state index >= 15 is 0 Å². The Bertz CT molecular complexity index is 1500. The monoisotopic (exact) mass is 464 g/mol. The zero-order valence-corrected chi connectivity index (χ0v) is 19.3. The molecule has 0 fully saturated rings. The van der Waals surface area contributed by atoms with Gasteiger partial charge < -0.3 is 4.42 Å². The molecule has 0 amide bonds. The van der Waals surface area contributed by atoms with Crippen molar-refractivity contribution in [2.75, 3.05) is 5.01 Å². The average Bonchev–Trinajstić information content (AvgIpc) is 3.55. The highest BCUT2D eigenvalue weighted by Gasteiger charge is 2.33. The summed E-state index contributed by atoms with van der Waals surface area (Å²) in [6, 6.07) is 28.1. The van der Waals surface area contributed by atoms with Gasteiger partial charge in [-0.1, -0.05) is 71.8 Å². The molecule has 0 bridgehead atoms. The summed E-state index contributed by atoms with van der Waals surface area (Å²) in [5.41, 5.74) is 5.88. The summed E-state index contributed by atoms with van der Waals surface area (Å²) in [6.45, 7) is 2.09. The summed E-state index contributed by atoms with van der Waals surface area (Å²) in [4.78, 5) is 9.93. The molecule has 3 heterocycles. The number of halogens is 1.